The van der Waals surface area contributed by atoms with Crippen LogP contribution in [0.15, 0.2) is 35.2 Å². The van der Waals surface area contributed by atoms with Gasteiger partial charge in [-0.05, 0) is 23.6 Å². The van der Waals surface area contributed by atoms with Gasteiger partial charge in [0.25, 0.3) is 10.1 Å². The first-order valence-corrected chi connectivity index (χ1v) is 6.55. The molecule has 0 aliphatic carbocycles. The molecule has 18 heavy (non-hydrogen) atoms. The lowest BCUT2D eigenvalue weighted by molar-refractivity contribution is 0.0699. The fourth-order valence-electron chi connectivity index (χ4n) is 1.72. The molecule has 0 bridgehead atoms. The number of carboxylic acids is 1. The van der Waals surface area contributed by atoms with Crippen molar-refractivity contribution in [1.29, 1.82) is 0 Å². The molecule has 0 saturated heterocycles. The molecule has 0 saturated carbocycles. The molecule has 0 spiro atoms. The van der Waals surface area contributed by atoms with Crippen LogP contribution in [0.5, 0.6) is 0 Å². The molecule has 94 valence electrons. The molecule has 2 rings (SSSR count). The minimum absolute atomic E-state index is 0.0740. The largest absolute Gasteiger partial charge is 0.478 e. The first-order valence-electron chi connectivity index (χ1n) is 4.74. The number of hydrogen-bond donors (Lipinski definition) is 2. The molecule has 2 aromatic rings. The van der Waals surface area contributed by atoms with Gasteiger partial charge in [0.2, 0.25) is 0 Å². The molecule has 0 radical (unpaired) electrons. The van der Waals surface area contributed by atoms with Crippen LogP contribution in [0.1, 0.15) is 10.4 Å². The quantitative estimate of drug-likeness (QED) is 0.827. The van der Waals surface area contributed by atoms with Crippen LogP contribution in [0.3, 0.4) is 0 Å². The summed E-state index contributed by atoms with van der Waals surface area (Å²) in [7, 11) is -4.44. The monoisotopic (exact) mass is 286 g/mol. The zero-order chi connectivity index (χ0) is 13.5. The summed E-state index contributed by atoms with van der Waals surface area (Å²) in [5.41, 5.74) is -0.122. The van der Waals surface area contributed by atoms with Crippen molar-refractivity contribution < 1.29 is 22.9 Å². The van der Waals surface area contributed by atoms with Crippen molar-refractivity contribution in [2.75, 3.05) is 0 Å². The van der Waals surface area contributed by atoms with Crippen LogP contribution in [0, 0.1) is 0 Å². The van der Waals surface area contributed by atoms with Gasteiger partial charge in [0, 0.05) is 10.4 Å². The SMILES string of the molecule is O=C(O)c1cc(Cl)cc2c(S(=O)(=O)O)cccc12. The van der Waals surface area contributed by atoms with Crippen molar-refractivity contribution in [3.8, 4) is 0 Å². The number of carboxylic acid groups (broad SMARTS) is 1. The van der Waals surface area contributed by atoms with E-state index in [0.717, 1.165) is 0 Å². The van der Waals surface area contributed by atoms with E-state index in [1.54, 1.807) is 0 Å². The standard InChI is InChI=1S/C11H7ClO5S/c12-6-4-8-7(9(5-6)11(13)14)2-1-3-10(8)18(15,16)17/h1-5H,(H,13,14)(H,15,16,17). The van der Waals surface area contributed by atoms with Crippen LogP contribution < -0.4 is 0 Å². The van der Waals surface area contributed by atoms with Crippen molar-refractivity contribution in [2.45, 2.75) is 4.90 Å². The van der Waals surface area contributed by atoms with Crippen molar-refractivity contribution in [2.24, 2.45) is 0 Å². The number of fused-ring (bicyclic) bond motifs is 1. The molecular weight excluding hydrogens is 280 g/mol. The van der Waals surface area contributed by atoms with Crippen LogP contribution in [-0.4, -0.2) is 24.0 Å². The summed E-state index contributed by atoms with van der Waals surface area (Å²) in [5.74, 6) is -1.23. The first kappa shape index (κ1) is 12.8. The van der Waals surface area contributed by atoms with Gasteiger partial charge in [-0.1, -0.05) is 23.7 Å². The fourth-order valence-corrected chi connectivity index (χ4v) is 2.64. The highest BCUT2D eigenvalue weighted by Gasteiger charge is 2.18. The highest BCUT2D eigenvalue weighted by atomic mass is 35.5. The van der Waals surface area contributed by atoms with Crippen LogP contribution in [-0.2, 0) is 10.1 Å². The van der Waals surface area contributed by atoms with Gasteiger partial charge in [0.1, 0.15) is 4.90 Å². The van der Waals surface area contributed by atoms with Crippen molar-refractivity contribution in [1.82, 2.24) is 0 Å². The molecule has 0 aromatic heterocycles. The molecule has 7 heteroatoms. The van der Waals surface area contributed by atoms with Crippen molar-refractivity contribution >= 4 is 38.5 Å². The molecule has 0 aliphatic heterocycles. The van der Waals surface area contributed by atoms with E-state index in [0.29, 0.717) is 0 Å². The van der Waals surface area contributed by atoms with Crippen LogP contribution in [0.2, 0.25) is 5.02 Å². The van der Waals surface area contributed by atoms with Gasteiger partial charge in [0.15, 0.2) is 0 Å². The summed E-state index contributed by atoms with van der Waals surface area (Å²) >= 11 is 5.75. The summed E-state index contributed by atoms with van der Waals surface area (Å²) < 4.78 is 31.5. The Kier molecular flexibility index (Phi) is 3.02. The third-order valence-corrected chi connectivity index (χ3v) is 3.56. The van der Waals surface area contributed by atoms with E-state index in [-0.39, 0.29) is 26.3 Å². The highest BCUT2D eigenvalue weighted by molar-refractivity contribution is 7.86. The topological polar surface area (TPSA) is 91.7 Å². The summed E-state index contributed by atoms with van der Waals surface area (Å²) in [5, 5.41) is 9.38. The van der Waals surface area contributed by atoms with E-state index in [1.807, 2.05) is 0 Å². The maximum absolute atomic E-state index is 11.2. The van der Waals surface area contributed by atoms with Gasteiger partial charge >= 0.3 is 5.97 Å². The number of aromatic carboxylic acids is 1. The second-order valence-electron chi connectivity index (χ2n) is 3.58. The normalized spacial score (nSPS) is 11.7. The number of rotatable bonds is 2. The fraction of sp³-hybridized carbons (Fsp3) is 0. The molecule has 0 amide bonds. The lowest BCUT2D eigenvalue weighted by Crippen LogP contribution is -2.02. The summed E-state index contributed by atoms with van der Waals surface area (Å²) in [6, 6.07) is 6.50. The maximum atomic E-state index is 11.2. The van der Waals surface area contributed by atoms with Crippen LogP contribution in [0.4, 0.5) is 0 Å². The molecule has 0 heterocycles. The average molecular weight is 287 g/mol. The molecule has 5 nitrogen and oxygen atoms in total. The Morgan fingerprint density at radius 2 is 1.83 bits per heavy atom. The summed E-state index contributed by atoms with van der Waals surface area (Å²) in [4.78, 5) is 10.7. The van der Waals surface area contributed by atoms with E-state index < -0.39 is 16.1 Å². The predicted octanol–water partition coefficient (Wildman–Crippen LogP) is 2.44. The Balaban J connectivity index is 3.00. The van der Waals surface area contributed by atoms with Crippen molar-refractivity contribution in [3.63, 3.8) is 0 Å². The van der Waals surface area contributed by atoms with Crippen LogP contribution >= 0.6 is 11.6 Å². The molecule has 2 N–H and O–H groups in total. The van der Waals surface area contributed by atoms with E-state index in [9.17, 15) is 13.2 Å². The van der Waals surface area contributed by atoms with E-state index in [2.05, 4.69) is 0 Å². The van der Waals surface area contributed by atoms with Gasteiger partial charge in [-0.15, -0.1) is 0 Å². The molecule has 2 aromatic carbocycles. The first-order chi connectivity index (χ1) is 8.30. The zero-order valence-corrected chi connectivity index (χ0v) is 10.4. The second-order valence-corrected chi connectivity index (χ2v) is 5.41. The molecule has 0 fully saturated rings. The Labute approximate surface area is 107 Å². The molecule has 0 unspecified atom stereocenters. The maximum Gasteiger partial charge on any atom is 0.336 e. The number of hydrogen-bond acceptors (Lipinski definition) is 3. The third kappa shape index (κ3) is 2.17. The molecular formula is C11H7ClO5S. The lowest BCUT2D eigenvalue weighted by Gasteiger charge is -2.07. The Hall–Kier alpha value is -1.63. The molecule has 0 atom stereocenters. The minimum Gasteiger partial charge on any atom is -0.478 e. The number of carbonyl (C=O) groups is 1. The second kappa shape index (κ2) is 4.24. The third-order valence-electron chi connectivity index (χ3n) is 2.43. The highest BCUT2D eigenvalue weighted by Crippen LogP contribution is 2.29. The van der Waals surface area contributed by atoms with Crippen molar-refractivity contribution in [3.05, 3.63) is 40.9 Å². The van der Waals surface area contributed by atoms with E-state index in [1.165, 1.54) is 30.3 Å². The Morgan fingerprint density at radius 3 is 2.39 bits per heavy atom. The van der Waals surface area contributed by atoms with E-state index in [4.69, 9.17) is 21.3 Å². The average Bonchev–Trinajstić information content (AvgIpc) is 2.25. The van der Waals surface area contributed by atoms with Gasteiger partial charge in [-0.2, -0.15) is 8.42 Å². The Bertz CT molecular complexity index is 751. The smallest absolute Gasteiger partial charge is 0.336 e. The predicted molar refractivity (Wildman–Crippen MR) is 65.7 cm³/mol. The molecule has 0 aliphatic rings. The van der Waals surface area contributed by atoms with Gasteiger partial charge in [0.05, 0.1) is 5.56 Å². The summed E-state index contributed by atoms with van der Waals surface area (Å²) in [6.45, 7) is 0. The zero-order valence-electron chi connectivity index (χ0n) is 8.79. The Morgan fingerprint density at radius 1 is 1.17 bits per heavy atom. The minimum atomic E-state index is -4.44. The number of benzene rings is 2. The summed E-state index contributed by atoms with van der Waals surface area (Å²) in [6.07, 6.45) is 0. The van der Waals surface area contributed by atoms with Crippen LogP contribution in [0.25, 0.3) is 10.8 Å². The van der Waals surface area contributed by atoms with Gasteiger partial charge in [-0.25, -0.2) is 4.79 Å². The van der Waals surface area contributed by atoms with E-state index >= 15 is 0 Å². The lowest BCUT2D eigenvalue weighted by atomic mass is 10.0. The number of halogens is 1. The van der Waals surface area contributed by atoms with Gasteiger partial charge in [-0.3, -0.25) is 4.55 Å². The van der Waals surface area contributed by atoms with Gasteiger partial charge < -0.3 is 5.11 Å².